The number of imide groups is 1. The van der Waals surface area contributed by atoms with E-state index in [2.05, 4.69) is 0 Å². The SMILES string of the molecule is O=C(O)[C@@H]1[C@@H](CCc2cccc(Cl)c2)C(=O)N1C(=O)CC(c1ccccc1)c1ccccc1. The lowest BCUT2D eigenvalue weighted by atomic mass is 9.81. The predicted octanol–water partition coefficient (Wildman–Crippen LogP) is 4.93. The Morgan fingerprint density at radius 3 is 2.06 bits per heavy atom. The highest BCUT2D eigenvalue weighted by Crippen LogP contribution is 2.35. The van der Waals surface area contributed by atoms with E-state index in [1.807, 2.05) is 72.8 Å². The highest BCUT2D eigenvalue weighted by molar-refractivity contribution is 6.30. The molecule has 3 aromatic carbocycles. The molecular formula is C27H24ClNO4. The van der Waals surface area contributed by atoms with Gasteiger partial charge in [0, 0.05) is 17.4 Å². The molecule has 1 heterocycles. The first kappa shape index (κ1) is 22.7. The third-order valence-corrected chi connectivity index (χ3v) is 6.39. The van der Waals surface area contributed by atoms with Crippen molar-refractivity contribution in [3.63, 3.8) is 0 Å². The van der Waals surface area contributed by atoms with Gasteiger partial charge in [0.05, 0.1) is 5.92 Å². The summed E-state index contributed by atoms with van der Waals surface area (Å²) in [6, 6.07) is 25.3. The maximum Gasteiger partial charge on any atom is 0.327 e. The van der Waals surface area contributed by atoms with Crippen molar-refractivity contribution < 1.29 is 19.5 Å². The molecule has 6 heteroatoms. The van der Waals surface area contributed by atoms with Crippen LogP contribution in [-0.2, 0) is 20.8 Å². The van der Waals surface area contributed by atoms with Gasteiger partial charge in [-0.25, -0.2) is 4.79 Å². The number of β-lactam (4-membered cyclic amide) rings is 1. The number of carboxylic acids is 1. The van der Waals surface area contributed by atoms with Crippen LogP contribution in [0.1, 0.15) is 35.4 Å². The summed E-state index contributed by atoms with van der Waals surface area (Å²) in [6.45, 7) is 0. The van der Waals surface area contributed by atoms with Gasteiger partial charge >= 0.3 is 5.97 Å². The molecule has 168 valence electrons. The van der Waals surface area contributed by atoms with E-state index in [1.165, 1.54) is 0 Å². The molecule has 1 fully saturated rings. The lowest BCUT2D eigenvalue weighted by Gasteiger charge is -2.43. The second-order valence-electron chi connectivity index (χ2n) is 8.24. The molecule has 0 saturated carbocycles. The molecule has 2 atom stereocenters. The standard InChI is InChI=1S/C27H24ClNO4/c28-21-13-7-8-18(16-21)14-15-22-25(27(32)33)29(26(22)31)24(30)17-23(19-9-3-1-4-10-19)20-11-5-2-6-12-20/h1-13,16,22-23,25H,14-15,17H2,(H,32,33)/t22-,25+/m1/s1. The zero-order valence-electron chi connectivity index (χ0n) is 17.9. The van der Waals surface area contributed by atoms with Gasteiger partial charge in [-0.05, 0) is 41.7 Å². The van der Waals surface area contributed by atoms with Crippen LogP contribution in [0, 0.1) is 5.92 Å². The van der Waals surface area contributed by atoms with Crippen molar-refractivity contribution in [2.45, 2.75) is 31.2 Å². The zero-order valence-corrected chi connectivity index (χ0v) is 18.7. The number of carboxylic acid groups (broad SMARTS) is 1. The van der Waals surface area contributed by atoms with Gasteiger partial charge in [0.25, 0.3) is 0 Å². The van der Waals surface area contributed by atoms with Gasteiger partial charge in [0.1, 0.15) is 6.04 Å². The second-order valence-corrected chi connectivity index (χ2v) is 8.67. The van der Waals surface area contributed by atoms with Gasteiger partial charge in [0.2, 0.25) is 11.8 Å². The fraction of sp³-hybridized carbons (Fsp3) is 0.222. The molecule has 0 aromatic heterocycles. The van der Waals surface area contributed by atoms with E-state index in [0.29, 0.717) is 17.9 Å². The van der Waals surface area contributed by atoms with E-state index < -0.39 is 29.7 Å². The molecule has 0 unspecified atom stereocenters. The summed E-state index contributed by atoms with van der Waals surface area (Å²) in [6.07, 6.45) is 0.880. The molecule has 0 aliphatic carbocycles. The van der Waals surface area contributed by atoms with E-state index >= 15 is 0 Å². The lowest BCUT2D eigenvalue weighted by Crippen LogP contribution is -2.66. The Bertz CT molecular complexity index is 1110. The fourth-order valence-corrected chi connectivity index (χ4v) is 4.69. The number of likely N-dealkylation sites (tertiary alicyclic amines) is 1. The maximum absolute atomic E-state index is 13.2. The summed E-state index contributed by atoms with van der Waals surface area (Å²) >= 11 is 6.02. The van der Waals surface area contributed by atoms with Gasteiger partial charge in [0.15, 0.2) is 0 Å². The molecular weight excluding hydrogens is 438 g/mol. The molecule has 33 heavy (non-hydrogen) atoms. The summed E-state index contributed by atoms with van der Waals surface area (Å²) in [5.74, 6) is -3.04. The Labute approximate surface area is 197 Å². The van der Waals surface area contributed by atoms with Crippen molar-refractivity contribution in [2.75, 3.05) is 0 Å². The highest BCUT2D eigenvalue weighted by Gasteiger charge is 2.54. The monoisotopic (exact) mass is 461 g/mol. The van der Waals surface area contributed by atoms with Crippen LogP contribution < -0.4 is 0 Å². The van der Waals surface area contributed by atoms with Crippen LogP contribution in [0.4, 0.5) is 0 Å². The molecule has 1 saturated heterocycles. The van der Waals surface area contributed by atoms with Gasteiger partial charge in [-0.15, -0.1) is 0 Å². The number of aryl methyl sites for hydroxylation is 1. The van der Waals surface area contributed by atoms with Crippen LogP contribution in [0.15, 0.2) is 84.9 Å². The van der Waals surface area contributed by atoms with Crippen molar-refractivity contribution >= 4 is 29.4 Å². The summed E-state index contributed by atoms with van der Waals surface area (Å²) in [5.41, 5.74) is 2.81. The van der Waals surface area contributed by atoms with Crippen LogP contribution >= 0.6 is 11.6 Å². The Morgan fingerprint density at radius 2 is 1.52 bits per heavy atom. The van der Waals surface area contributed by atoms with Crippen molar-refractivity contribution in [3.8, 4) is 0 Å². The number of hydrogen-bond acceptors (Lipinski definition) is 3. The van der Waals surface area contributed by atoms with Gasteiger partial charge < -0.3 is 5.11 Å². The van der Waals surface area contributed by atoms with Crippen LogP contribution in [0.3, 0.4) is 0 Å². The third-order valence-electron chi connectivity index (χ3n) is 6.15. The Balaban J connectivity index is 1.50. The Kier molecular flexibility index (Phi) is 6.90. The number of hydrogen-bond donors (Lipinski definition) is 1. The van der Waals surface area contributed by atoms with Crippen molar-refractivity contribution in [2.24, 2.45) is 5.92 Å². The van der Waals surface area contributed by atoms with Gasteiger partial charge in [-0.2, -0.15) is 0 Å². The molecule has 4 rings (SSSR count). The number of carbonyl (C=O) groups excluding carboxylic acids is 2. The van der Waals surface area contributed by atoms with Crippen LogP contribution in [-0.4, -0.2) is 33.8 Å². The molecule has 2 amide bonds. The highest BCUT2D eigenvalue weighted by atomic mass is 35.5. The smallest absolute Gasteiger partial charge is 0.327 e. The first-order chi connectivity index (χ1) is 16.0. The molecule has 1 aliphatic rings. The fourth-order valence-electron chi connectivity index (χ4n) is 4.48. The van der Waals surface area contributed by atoms with Crippen molar-refractivity contribution in [1.29, 1.82) is 0 Å². The minimum Gasteiger partial charge on any atom is -0.480 e. The predicted molar refractivity (Wildman–Crippen MR) is 126 cm³/mol. The molecule has 0 bridgehead atoms. The number of rotatable bonds is 8. The first-order valence-electron chi connectivity index (χ1n) is 10.9. The van der Waals surface area contributed by atoms with E-state index in [0.717, 1.165) is 21.6 Å². The molecule has 5 nitrogen and oxygen atoms in total. The third kappa shape index (κ3) is 4.99. The zero-order chi connectivity index (χ0) is 23.4. The van der Waals surface area contributed by atoms with E-state index in [9.17, 15) is 19.5 Å². The summed E-state index contributed by atoms with van der Waals surface area (Å²) in [4.78, 5) is 39.0. The summed E-state index contributed by atoms with van der Waals surface area (Å²) < 4.78 is 0. The van der Waals surface area contributed by atoms with E-state index in [-0.39, 0.29) is 12.3 Å². The topological polar surface area (TPSA) is 74.7 Å². The summed E-state index contributed by atoms with van der Waals surface area (Å²) in [5, 5.41) is 10.4. The maximum atomic E-state index is 13.2. The van der Waals surface area contributed by atoms with Gasteiger partial charge in [-0.3, -0.25) is 14.5 Å². The number of aliphatic carboxylic acids is 1. The first-order valence-corrected chi connectivity index (χ1v) is 11.3. The minimum atomic E-state index is -1.16. The number of carbonyl (C=O) groups is 3. The largest absolute Gasteiger partial charge is 0.480 e. The minimum absolute atomic E-state index is 0.0184. The number of nitrogens with zero attached hydrogens (tertiary/aromatic N) is 1. The lowest BCUT2D eigenvalue weighted by molar-refractivity contribution is -0.177. The van der Waals surface area contributed by atoms with Crippen LogP contribution in [0.2, 0.25) is 5.02 Å². The quantitative estimate of drug-likeness (QED) is 0.482. The van der Waals surface area contributed by atoms with Crippen LogP contribution in [0.25, 0.3) is 0 Å². The van der Waals surface area contributed by atoms with E-state index in [4.69, 9.17) is 11.6 Å². The number of benzene rings is 3. The second kappa shape index (κ2) is 10.0. The average molecular weight is 462 g/mol. The molecule has 0 radical (unpaired) electrons. The van der Waals surface area contributed by atoms with E-state index in [1.54, 1.807) is 12.1 Å². The van der Waals surface area contributed by atoms with Crippen LogP contribution in [0.5, 0.6) is 0 Å². The number of halogens is 1. The van der Waals surface area contributed by atoms with Gasteiger partial charge in [-0.1, -0.05) is 84.4 Å². The summed E-state index contributed by atoms with van der Waals surface area (Å²) in [7, 11) is 0. The average Bonchev–Trinajstić information content (AvgIpc) is 2.82. The molecule has 3 aromatic rings. The molecule has 0 spiro atoms. The van der Waals surface area contributed by atoms with Crippen molar-refractivity contribution in [3.05, 3.63) is 107 Å². The van der Waals surface area contributed by atoms with Crippen molar-refractivity contribution in [1.82, 2.24) is 4.90 Å². The Morgan fingerprint density at radius 1 is 0.909 bits per heavy atom. The molecule has 1 N–H and O–H groups in total. The normalized spacial score (nSPS) is 17.6. The molecule has 1 aliphatic heterocycles. The Hall–Kier alpha value is -3.44. The number of amides is 2.